The largest absolute Gasteiger partial charge is 0.494 e. The predicted octanol–water partition coefficient (Wildman–Crippen LogP) is 7.87. The number of aliphatic hydroxyl groups is 1. The summed E-state index contributed by atoms with van der Waals surface area (Å²) in [5.41, 5.74) is 3.98. The van der Waals surface area contributed by atoms with Crippen LogP contribution in [0.3, 0.4) is 0 Å². The molecule has 6 rings (SSSR count). The van der Waals surface area contributed by atoms with Gasteiger partial charge in [-0.1, -0.05) is 101 Å². The Morgan fingerprint density at radius 1 is 0.875 bits per heavy atom. The van der Waals surface area contributed by atoms with Crippen molar-refractivity contribution in [2.75, 3.05) is 19.8 Å². The van der Waals surface area contributed by atoms with Crippen molar-refractivity contribution in [3.8, 4) is 16.9 Å². The van der Waals surface area contributed by atoms with Gasteiger partial charge in [-0.2, -0.15) is 0 Å². The summed E-state index contributed by atoms with van der Waals surface area (Å²) in [4.78, 5) is 19.7. The molecule has 2 atom stereocenters. The third kappa shape index (κ3) is 7.67. The van der Waals surface area contributed by atoms with Gasteiger partial charge in [0.25, 0.3) is 5.91 Å². The second-order valence-electron chi connectivity index (χ2n) is 11.7. The van der Waals surface area contributed by atoms with Crippen LogP contribution in [0, 0.1) is 5.82 Å². The van der Waals surface area contributed by atoms with E-state index in [1.165, 1.54) is 12.1 Å². The number of carbonyl (C=O) groups excluding carboxylic acids is 1. The molecule has 1 heterocycles. The standard InChI is InChI=1S/C40H36BrFN2O4/c41-36-13-5-4-11-33(36)27-40(39(46)43-23-22-28-8-6-12-34(42)26-28)37(31-16-14-30(15-17-31)29-9-2-1-3-10-29)48-38(44-40)32-18-20-35(21-19-32)47-25-7-24-45/h1-6,8-21,26,37,45H,7,22-25,27H2,(H,43,46)/t37-,40-/m1/s1. The molecule has 0 aliphatic carbocycles. The van der Waals surface area contributed by atoms with Crippen molar-refractivity contribution < 1.29 is 23.8 Å². The number of amides is 1. The zero-order chi connectivity index (χ0) is 33.3. The molecule has 0 radical (unpaired) electrons. The summed E-state index contributed by atoms with van der Waals surface area (Å²) in [5, 5.41) is 12.2. The highest BCUT2D eigenvalue weighted by molar-refractivity contribution is 9.10. The third-order valence-corrected chi connectivity index (χ3v) is 9.13. The van der Waals surface area contributed by atoms with Gasteiger partial charge >= 0.3 is 0 Å². The first-order chi connectivity index (χ1) is 23.4. The quantitative estimate of drug-likeness (QED) is 0.122. The lowest BCUT2D eigenvalue weighted by atomic mass is 9.81. The molecule has 8 heteroatoms. The van der Waals surface area contributed by atoms with Crippen LogP contribution in [-0.2, 0) is 22.4 Å². The Hall–Kier alpha value is -4.79. The van der Waals surface area contributed by atoms with Gasteiger partial charge in [0, 0.05) is 36.0 Å². The maximum absolute atomic E-state index is 14.6. The molecular weight excluding hydrogens is 671 g/mol. The molecule has 0 saturated heterocycles. The Labute approximate surface area is 288 Å². The Balaban J connectivity index is 1.38. The molecule has 1 aliphatic heterocycles. The van der Waals surface area contributed by atoms with Gasteiger partial charge in [-0.05, 0) is 76.7 Å². The molecule has 6 nitrogen and oxygen atoms in total. The van der Waals surface area contributed by atoms with Crippen LogP contribution in [0.5, 0.6) is 5.75 Å². The molecule has 5 aromatic rings. The molecular formula is C40H36BrFN2O4. The van der Waals surface area contributed by atoms with Crippen LogP contribution in [-0.4, -0.2) is 42.2 Å². The van der Waals surface area contributed by atoms with Gasteiger partial charge in [-0.25, -0.2) is 9.38 Å². The minimum absolute atomic E-state index is 0.0559. The van der Waals surface area contributed by atoms with Crippen molar-refractivity contribution in [1.29, 1.82) is 0 Å². The number of hydrogen-bond acceptors (Lipinski definition) is 5. The molecule has 5 aromatic carbocycles. The topological polar surface area (TPSA) is 80.2 Å². The third-order valence-electron chi connectivity index (χ3n) is 8.36. The van der Waals surface area contributed by atoms with Gasteiger partial charge in [0.1, 0.15) is 11.6 Å². The van der Waals surface area contributed by atoms with Crippen LogP contribution < -0.4 is 10.1 Å². The van der Waals surface area contributed by atoms with Crippen molar-refractivity contribution >= 4 is 27.7 Å². The molecule has 48 heavy (non-hydrogen) atoms. The summed E-state index contributed by atoms with van der Waals surface area (Å²) in [6.07, 6.45) is 0.505. The molecule has 0 aromatic heterocycles. The average molecular weight is 708 g/mol. The van der Waals surface area contributed by atoms with Crippen molar-refractivity contribution in [3.63, 3.8) is 0 Å². The van der Waals surface area contributed by atoms with Gasteiger partial charge < -0.3 is 19.9 Å². The minimum Gasteiger partial charge on any atom is -0.494 e. The fourth-order valence-electron chi connectivity index (χ4n) is 5.86. The normalized spacial score (nSPS) is 17.0. The number of ether oxygens (including phenoxy) is 2. The number of nitrogens with zero attached hydrogens (tertiary/aromatic N) is 1. The molecule has 0 fully saturated rings. The molecule has 0 bridgehead atoms. The van der Waals surface area contributed by atoms with Crippen molar-refractivity contribution in [1.82, 2.24) is 5.32 Å². The van der Waals surface area contributed by atoms with Gasteiger partial charge in [-0.15, -0.1) is 0 Å². The van der Waals surface area contributed by atoms with E-state index in [0.29, 0.717) is 43.2 Å². The summed E-state index contributed by atoms with van der Waals surface area (Å²) < 4.78 is 27.2. The van der Waals surface area contributed by atoms with Crippen LogP contribution in [0.2, 0.25) is 0 Å². The molecule has 2 N–H and O–H groups in total. The summed E-state index contributed by atoms with van der Waals surface area (Å²) >= 11 is 3.69. The highest BCUT2D eigenvalue weighted by Crippen LogP contribution is 2.44. The first kappa shape index (κ1) is 33.1. The summed E-state index contributed by atoms with van der Waals surface area (Å²) in [6.45, 7) is 0.754. The zero-order valence-electron chi connectivity index (χ0n) is 26.3. The number of nitrogens with one attached hydrogen (secondary N) is 1. The lowest BCUT2D eigenvalue weighted by Gasteiger charge is -2.31. The van der Waals surface area contributed by atoms with Gasteiger partial charge in [0.2, 0.25) is 5.90 Å². The summed E-state index contributed by atoms with van der Waals surface area (Å²) in [6, 6.07) is 39.8. The highest BCUT2D eigenvalue weighted by Gasteiger charge is 2.53. The molecule has 1 aliphatic rings. The van der Waals surface area contributed by atoms with Crippen LogP contribution >= 0.6 is 15.9 Å². The molecule has 1 amide bonds. The van der Waals surface area contributed by atoms with Crippen LogP contribution in [0.1, 0.15) is 34.8 Å². The maximum atomic E-state index is 14.6. The number of hydrogen-bond donors (Lipinski definition) is 2. The van der Waals surface area contributed by atoms with E-state index in [-0.39, 0.29) is 24.8 Å². The van der Waals surface area contributed by atoms with E-state index < -0.39 is 11.6 Å². The van der Waals surface area contributed by atoms with Crippen molar-refractivity contribution in [3.05, 3.63) is 160 Å². The van der Waals surface area contributed by atoms with E-state index in [0.717, 1.165) is 32.3 Å². The number of rotatable bonds is 13. The highest BCUT2D eigenvalue weighted by atomic mass is 79.9. The Kier molecular flexibility index (Phi) is 10.6. The minimum atomic E-state index is -1.37. The smallest absolute Gasteiger partial charge is 0.252 e. The first-order valence-electron chi connectivity index (χ1n) is 16.0. The SMILES string of the molecule is O=C(NCCc1cccc(F)c1)[C@]1(Cc2ccccc2Br)N=C(c2ccc(OCCCO)cc2)O[C@@H]1c1ccc(-c2ccccc2)cc1. The lowest BCUT2D eigenvalue weighted by Crippen LogP contribution is -2.50. The first-order valence-corrected chi connectivity index (χ1v) is 16.8. The predicted molar refractivity (Wildman–Crippen MR) is 190 cm³/mol. The number of carbonyl (C=O) groups is 1. The number of aliphatic hydroxyl groups excluding tert-OH is 1. The molecule has 0 spiro atoms. The molecule has 0 saturated carbocycles. The van der Waals surface area contributed by atoms with Crippen molar-refractivity contribution in [2.24, 2.45) is 4.99 Å². The Morgan fingerprint density at radius 3 is 2.31 bits per heavy atom. The Morgan fingerprint density at radius 2 is 1.58 bits per heavy atom. The second kappa shape index (κ2) is 15.4. The van der Waals surface area contributed by atoms with E-state index in [4.69, 9.17) is 19.6 Å². The monoisotopic (exact) mass is 706 g/mol. The zero-order valence-corrected chi connectivity index (χ0v) is 27.9. The number of aliphatic imine (C=N–C) groups is 1. The van der Waals surface area contributed by atoms with E-state index in [1.54, 1.807) is 6.07 Å². The van der Waals surface area contributed by atoms with E-state index >= 15 is 0 Å². The van der Waals surface area contributed by atoms with Crippen LogP contribution in [0.25, 0.3) is 11.1 Å². The van der Waals surface area contributed by atoms with Gasteiger partial charge in [0.15, 0.2) is 11.6 Å². The van der Waals surface area contributed by atoms with Crippen LogP contribution in [0.15, 0.2) is 137 Å². The van der Waals surface area contributed by atoms with Crippen LogP contribution in [0.4, 0.5) is 4.39 Å². The number of benzene rings is 5. The fraction of sp³-hybridized carbons (Fsp3) is 0.200. The van der Waals surface area contributed by atoms with E-state index in [1.807, 2.05) is 97.1 Å². The second-order valence-corrected chi connectivity index (χ2v) is 12.5. The van der Waals surface area contributed by atoms with Gasteiger partial charge in [0.05, 0.1) is 6.61 Å². The van der Waals surface area contributed by atoms with Crippen molar-refractivity contribution in [2.45, 2.75) is 30.9 Å². The maximum Gasteiger partial charge on any atom is 0.252 e. The summed E-state index contributed by atoms with van der Waals surface area (Å²) in [7, 11) is 0. The van der Waals surface area contributed by atoms with Gasteiger partial charge in [-0.3, -0.25) is 4.79 Å². The fourth-order valence-corrected chi connectivity index (χ4v) is 6.29. The number of halogens is 2. The molecule has 0 unspecified atom stereocenters. The lowest BCUT2D eigenvalue weighted by molar-refractivity contribution is -0.128. The average Bonchev–Trinajstić information content (AvgIpc) is 3.50. The van der Waals surface area contributed by atoms with E-state index in [2.05, 4.69) is 33.4 Å². The molecule has 244 valence electrons. The van der Waals surface area contributed by atoms with E-state index in [9.17, 15) is 9.18 Å². The summed E-state index contributed by atoms with van der Waals surface area (Å²) in [5.74, 6) is 0.409. The Bertz CT molecular complexity index is 1870.